The van der Waals surface area contributed by atoms with Crippen molar-refractivity contribution in [3.05, 3.63) is 58.4 Å². The predicted molar refractivity (Wildman–Crippen MR) is 100 cm³/mol. The zero-order valence-corrected chi connectivity index (χ0v) is 15.1. The van der Waals surface area contributed by atoms with Crippen LogP contribution < -0.4 is 15.4 Å². The highest BCUT2D eigenvalue weighted by atomic mass is 35.5. The summed E-state index contributed by atoms with van der Waals surface area (Å²) in [5.41, 5.74) is 7.03. The van der Waals surface area contributed by atoms with Crippen LogP contribution in [0, 0.1) is 5.82 Å². The van der Waals surface area contributed by atoms with Crippen LogP contribution in [0.5, 0.6) is 11.5 Å². The predicted octanol–water partition coefficient (Wildman–Crippen LogP) is 4.60. The minimum Gasteiger partial charge on any atom is -0.454 e. The van der Waals surface area contributed by atoms with E-state index in [1.165, 1.54) is 6.07 Å². The summed E-state index contributed by atoms with van der Waals surface area (Å²) in [4.78, 5) is 26.3. The first-order chi connectivity index (χ1) is 13.0. The summed E-state index contributed by atoms with van der Waals surface area (Å²) >= 11 is 6.10. The number of halogens is 2. The summed E-state index contributed by atoms with van der Waals surface area (Å²) in [7, 11) is 0. The van der Waals surface area contributed by atoms with Crippen LogP contribution >= 0.6 is 11.6 Å². The fourth-order valence-electron chi connectivity index (χ4n) is 3.42. The molecule has 1 aliphatic heterocycles. The molecule has 2 aromatic rings. The first-order valence-corrected chi connectivity index (χ1v) is 8.97. The number of para-hydroxylation sites is 2. The minimum absolute atomic E-state index is 0.0105. The number of imide groups is 1. The average molecular weight is 387 g/mol. The number of ether oxygens (including phenoxy) is 1. The Morgan fingerprint density at radius 2 is 1.63 bits per heavy atom. The summed E-state index contributed by atoms with van der Waals surface area (Å²) in [6.45, 7) is 0. The number of hydrogen-bond donors (Lipinski definition) is 1. The third-order valence-electron chi connectivity index (χ3n) is 4.77. The number of nitrogens with zero attached hydrogens (tertiary/aromatic N) is 1. The van der Waals surface area contributed by atoms with Crippen molar-refractivity contribution >= 4 is 34.8 Å². The van der Waals surface area contributed by atoms with Gasteiger partial charge in [0.15, 0.2) is 0 Å². The highest BCUT2D eigenvalue weighted by Gasteiger charge is 2.41. The molecule has 0 aromatic heterocycles. The molecule has 2 aliphatic rings. The van der Waals surface area contributed by atoms with Gasteiger partial charge in [0.05, 0.1) is 16.4 Å². The maximum absolute atomic E-state index is 14.6. The van der Waals surface area contributed by atoms with Crippen LogP contribution in [0.2, 0.25) is 5.02 Å². The summed E-state index contributed by atoms with van der Waals surface area (Å²) < 4.78 is 20.3. The van der Waals surface area contributed by atoms with Crippen molar-refractivity contribution in [1.29, 1.82) is 0 Å². The second-order valence-corrected chi connectivity index (χ2v) is 6.89. The lowest BCUT2D eigenvalue weighted by atomic mass is 9.93. The number of hydrogen-bond acceptors (Lipinski definition) is 4. The zero-order chi connectivity index (χ0) is 19.1. The van der Waals surface area contributed by atoms with E-state index in [1.807, 2.05) is 0 Å². The third-order valence-corrected chi connectivity index (χ3v) is 5.07. The standard InChI is InChI=1S/C20H16ClFN2O3/c21-13-9-14(22)16(10-18(13)27-17-8-4-3-7-15(17)23)24-19(25)11-5-1-2-6-12(11)20(24)26/h3-4,7-10H,1-2,5-6,23H2. The Bertz CT molecular complexity index is 975. The molecule has 0 bridgehead atoms. The van der Waals surface area contributed by atoms with E-state index >= 15 is 0 Å². The molecule has 1 aliphatic carbocycles. The Balaban J connectivity index is 1.73. The van der Waals surface area contributed by atoms with Crippen LogP contribution in [-0.4, -0.2) is 11.8 Å². The quantitative estimate of drug-likeness (QED) is 0.618. The molecule has 0 saturated heterocycles. The summed E-state index contributed by atoms with van der Waals surface area (Å²) in [6, 6.07) is 9.06. The minimum atomic E-state index is -0.769. The molecule has 4 rings (SSSR count). The van der Waals surface area contributed by atoms with E-state index in [-0.39, 0.29) is 16.5 Å². The third kappa shape index (κ3) is 2.96. The monoisotopic (exact) mass is 386 g/mol. The largest absolute Gasteiger partial charge is 0.454 e. The molecule has 2 aromatic carbocycles. The molecule has 2 N–H and O–H groups in total. The van der Waals surface area contributed by atoms with Crippen molar-refractivity contribution in [3.8, 4) is 11.5 Å². The van der Waals surface area contributed by atoms with Gasteiger partial charge in [0, 0.05) is 17.2 Å². The van der Waals surface area contributed by atoms with Crippen LogP contribution in [0.25, 0.3) is 0 Å². The van der Waals surface area contributed by atoms with Crippen LogP contribution in [0.1, 0.15) is 25.7 Å². The van der Waals surface area contributed by atoms with E-state index in [4.69, 9.17) is 22.1 Å². The maximum Gasteiger partial charge on any atom is 0.261 e. The molecule has 0 saturated carbocycles. The molecule has 0 unspecified atom stereocenters. The fraction of sp³-hybridized carbons (Fsp3) is 0.200. The van der Waals surface area contributed by atoms with Gasteiger partial charge in [-0.2, -0.15) is 0 Å². The summed E-state index contributed by atoms with van der Waals surface area (Å²) in [6.07, 6.45) is 2.76. The van der Waals surface area contributed by atoms with Crippen molar-refractivity contribution in [1.82, 2.24) is 0 Å². The molecule has 2 amide bonds. The normalized spacial score (nSPS) is 16.7. The van der Waals surface area contributed by atoms with Crippen molar-refractivity contribution in [2.24, 2.45) is 0 Å². The van der Waals surface area contributed by atoms with Crippen molar-refractivity contribution in [2.45, 2.75) is 25.7 Å². The van der Waals surface area contributed by atoms with E-state index in [0.717, 1.165) is 23.8 Å². The second-order valence-electron chi connectivity index (χ2n) is 6.48. The van der Waals surface area contributed by atoms with E-state index in [9.17, 15) is 14.0 Å². The van der Waals surface area contributed by atoms with Gasteiger partial charge in [0.1, 0.15) is 17.3 Å². The van der Waals surface area contributed by atoms with Gasteiger partial charge in [-0.25, -0.2) is 9.29 Å². The van der Waals surface area contributed by atoms with Gasteiger partial charge in [-0.1, -0.05) is 23.7 Å². The smallest absolute Gasteiger partial charge is 0.261 e. The molecule has 0 spiro atoms. The van der Waals surface area contributed by atoms with Gasteiger partial charge >= 0.3 is 0 Å². The van der Waals surface area contributed by atoms with Gasteiger partial charge in [-0.05, 0) is 43.9 Å². The number of nitrogen functional groups attached to an aromatic ring is 1. The molecule has 0 radical (unpaired) electrons. The number of carbonyl (C=O) groups is 2. The number of anilines is 2. The first-order valence-electron chi connectivity index (χ1n) is 8.59. The summed E-state index contributed by atoms with van der Waals surface area (Å²) in [5.74, 6) is -1.26. The Morgan fingerprint density at radius 1 is 1.00 bits per heavy atom. The van der Waals surface area contributed by atoms with Crippen molar-refractivity contribution < 1.29 is 18.7 Å². The molecule has 0 fully saturated rings. The molecule has 138 valence electrons. The lowest BCUT2D eigenvalue weighted by molar-refractivity contribution is -0.120. The topological polar surface area (TPSA) is 72.6 Å². The van der Waals surface area contributed by atoms with Crippen molar-refractivity contribution in [2.75, 3.05) is 10.6 Å². The maximum atomic E-state index is 14.6. The van der Waals surface area contributed by atoms with Gasteiger partial charge < -0.3 is 10.5 Å². The van der Waals surface area contributed by atoms with Crippen LogP contribution in [0.3, 0.4) is 0 Å². The van der Waals surface area contributed by atoms with E-state index < -0.39 is 17.6 Å². The fourth-order valence-corrected chi connectivity index (χ4v) is 3.61. The molecule has 0 atom stereocenters. The molecular formula is C20H16ClFN2O3. The molecule has 27 heavy (non-hydrogen) atoms. The Labute approximate surface area is 160 Å². The SMILES string of the molecule is Nc1ccccc1Oc1cc(N2C(=O)C3=C(CCCC3)C2=O)c(F)cc1Cl. The lowest BCUT2D eigenvalue weighted by Crippen LogP contribution is -2.32. The number of amides is 2. The average Bonchev–Trinajstić information content (AvgIpc) is 2.91. The molecular weight excluding hydrogens is 371 g/mol. The van der Waals surface area contributed by atoms with E-state index in [0.29, 0.717) is 35.4 Å². The van der Waals surface area contributed by atoms with Crippen LogP contribution in [-0.2, 0) is 9.59 Å². The molecule has 7 heteroatoms. The van der Waals surface area contributed by atoms with Gasteiger partial charge in [-0.3, -0.25) is 9.59 Å². The Hall–Kier alpha value is -2.86. The van der Waals surface area contributed by atoms with Gasteiger partial charge in [-0.15, -0.1) is 0 Å². The highest BCUT2D eigenvalue weighted by Crippen LogP contribution is 2.41. The Morgan fingerprint density at radius 3 is 2.26 bits per heavy atom. The number of rotatable bonds is 3. The number of nitrogens with two attached hydrogens (primary N) is 1. The number of carbonyl (C=O) groups excluding carboxylic acids is 2. The second kappa shape index (κ2) is 6.70. The molecule has 1 heterocycles. The van der Waals surface area contributed by atoms with E-state index in [1.54, 1.807) is 24.3 Å². The van der Waals surface area contributed by atoms with Crippen LogP contribution in [0.4, 0.5) is 15.8 Å². The van der Waals surface area contributed by atoms with E-state index in [2.05, 4.69) is 0 Å². The number of benzene rings is 2. The van der Waals surface area contributed by atoms with Gasteiger partial charge in [0.25, 0.3) is 11.8 Å². The summed E-state index contributed by atoms with van der Waals surface area (Å²) in [5, 5.41) is 0.0105. The van der Waals surface area contributed by atoms with Crippen molar-refractivity contribution in [3.63, 3.8) is 0 Å². The first kappa shape index (κ1) is 17.5. The Kier molecular flexibility index (Phi) is 4.36. The lowest BCUT2D eigenvalue weighted by Gasteiger charge is -2.18. The van der Waals surface area contributed by atoms with Crippen LogP contribution in [0.15, 0.2) is 47.5 Å². The molecule has 5 nitrogen and oxygen atoms in total. The zero-order valence-electron chi connectivity index (χ0n) is 14.3. The highest BCUT2D eigenvalue weighted by molar-refractivity contribution is 6.34. The van der Waals surface area contributed by atoms with Gasteiger partial charge in [0.2, 0.25) is 0 Å².